The summed E-state index contributed by atoms with van der Waals surface area (Å²) in [4.78, 5) is 10.5. The molecule has 0 heterocycles. The molecular weight excluding hydrogens is 142 g/mol. The van der Waals surface area contributed by atoms with Gasteiger partial charge in [-0.25, -0.2) is 0 Å². The van der Waals surface area contributed by atoms with Crippen LogP contribution in [0.1, 0.15) is 12.8 Å². The SMILES string of the molecule is C=CCC1CC1(C#N)C(=O)O. The molecule has 11 heavy (non-hydrogen) atoms. The van der Waals surface area contributed by atoms with E-state index in [1.54, 1.807) is 6.08 Å². The molecule has 1 aliphatic carbocycles. The van der Waals surface area contributed by atoms with E-state index >= 15 is 0 Å². The van der Waals surface area contributed by atoms with Gasteiger partial charge in [0.2, 0.25) is 0 Å². The van der Waals surface area contributed by atoms with Crippen molar-refractivity contribution in [2.24, 2.45) is 11.3 Å². The number of allylic oxidation sites excluding steroid dienone is 1. The highest BCUT2D eigenvalue weighted by Gasteiger charge is 2.60. The largest absolute Gasteiger partial charge is 0.480 e. The van der Waals surface area contributed by atoms with E-state index in [9.17, 15) is 4.79 Å². The summed E-state index contributed by atoms with van der Waals surface area (Å²) in [6.45, 7) is 3.50. The Morgan fingerprint density at radius 3 is 2.91 bits per heavy atom. The Bertz CT molecular complexity index is 241. The normalized spacial score (nSPS) is 33.9. The first-order valence-corrected chi connectivity index (χ1v) is 3.43. The number of carbonyl (C=O) groups is 1. The van der Waals surface area contributed by atoms with Gasteiger partial charge in [-0.1, -0.05) is 6.08 Å². The molecule has 1 rings (SSSR count). The third kappa shape index (κ3) is 1.01. The van der Waals surface area contributed by atoms with Crippen LogP contribution < -0.4 is 0 Å². The second-order valence-electron chi connectivity index (χ2n) is 2.81. The maximum atomic E-state index is 10.5. The number of aliphatic carboxylic acids is 1. The number of nitriles is 1. The van der Waals surface area contributed by atoms with Gasteiger partial charge in [-0.15, -0.1) is 6.58 Å². The van der Waals surface area contributed by atoms with Crippen LogP contribution in [0.3, 0.4) is 0 Å². The third-order valence-corrected chi connectivity index (χ3v) is 2.14. The van der Waals surface area contributed by atoms with Gasteiger partial charge in [0.15, 0.2) is 5.41 Å². The van der Waals surface area contributed by atoms with Crippen LogP contribution in [0, 0.1) is 22.7 Å². The predicted octanol–water partition coefficient (Wildman–Crippen LogP) is 1.18. The summed E-state index contributed by atoms with van der Waals surface area (Å²) in [6.07, 6.45) is 2.76. The van der Waals surface area contributed by atoms with Gasteiger partial charge < -0.3 is 5.11 Å². The molecule has 2 atom stereocenters. The lowest BCUT2D eigenvalue weighted by molar-refractivity contribution is -0.141. The summed E-state index contributed by atoms with van der Waals surface area (Å²) in [5.74, 6) is -1.01. The van der Waals surface area contributed by atoms with Crippen molar-refractivity contribution in [3.8, 4) is 6.07 Å². The Labute approximate surface area is 64.9 Å². The number of rotatable bonds is 3. The fourth-order valence-corrected chi connectivity index (χ4v) is 1.26. The Kier molecular flexibility index (Phi) is 1.69. The van der Waals surface area contributed by atoms with Crippen LogP contribution in [0.5, 0.6) is 0 Å². The molecule has 1 aliphatic rings. The van der Waals surface area contributed by atoms with Crippen LogP contribution in [0.2, 0.25) is 0 Å². The summed E-state index contributed by atoms with van der Waals surface area (Å²) in [6, 6.07) is 1.84. The fraction of sp³-hybridized carbons (Fsp3) is 0.500. The summed E-state index contributed by atoms with van der Waals surface area (Å²) in [5, 5.41) is 17.2. The molecule has 3 heteroatoms. The van der Waals surface area contributed by atoms with Crippen molar-refractivity contribution in [1.82, 2.24) is 0 Å². The molecule has 0 amide bonds. The van der Waals surface area contributed by atoms with Crippen molar-refractivity contribution < 1.29 is 9.90 Å². The average Bonchev–Trinajstić information content (AvgIpc) is 2.65. The lowest BCUT2D eigenvalue weighted by Gasteiger charge is -1.97. The molecule has 0 aromatic carbocycles. The third-order valence-electron chi connectivity index (χ3n) is 2.14. The minimum absolute atomic E-state index is 0.0116. The molecule has 1 saturated carbocycles. The first kappa shape index (κ1) is 7.80. The van der Waals surface area contributed by atoms with Gasteiger partial charge in [0.25, 0.3) is 0 Å². The molecule has 0 radical (unpaired) electrons. The highest BCUT2D eigenvalue weighted by atomic mass is 16.4. The number of carboxylic acid groups (broad SMARTS) is 1. The zero-order valence-corrected chi connectivity index (χ0v) is 6.08. The van der Waals surface area contributed by atoms with Crippen molar-refractivity contribution in [1.29, 1.82) is 5.26 Å². The summed E-state index contributed by atoms with van der Waals surface area (Å²) < 4.78 is 0. The minimum atomic E-state index is -1.09. The first-order chi connectivity index (χ1) is 5.17. The first-order valence-electron chi connectivity index (χ1n) is 3.43. The van der Waals surface area contributed by atoms with Gasteiger partial charge in [0, 0.05) is 0 Å². The Hall–Kier alpha value is -1.30. The van der Waals surface area contributed by atoms with Crippen LogP contribution in [-0.2, 0) is 4.79 Å². The number of carboxylic acids is 1. The highest BCUT2D eigenvalue weighted by Crippen LogP contribution is 2.54. The molecule has 0 aromatic heterocycles. The molecule has 3 nitrogen and oxygen atoms in total. The Balaban J connectivity index is 2.65. The van der Waals surface area contributed by atoms with E-state index in [0.717, 1.165) is 0 Å². The zero-order valence-electron chi connectivity index (χ0n) is 6.08. The van der Waals surface area contributed by atoms with Gasteiger partial charge in [0.1, 0.15) is 0 Å². The highest BCUT2D eigenvalue weighted by molar-refractivity contribution is 5.82. The molecule has 0 aromatic rings. The van der Waals surface area contributed by atoms with Crippen molar-refractivity contribution in [2.75, 3.05) is 0 Å². The van der Waals surface area contributed by atoms with Crippen LogP contribution >= 0.6 is 0 Å². The van der Waals surface area contributed by atoms with E-state index in [0.29, 0.717) is 12.8 Å². The molecule has 0 spiro atoms. The molecular formula is C8H9NO2. The standard InChI is InChI=1S/C8H9NO2/c1-2-3-6-4-8(6,5-9)7(10)11/h2,6H,1,3-4H2,(H,10,11). The lowest BCUT2D eigenvalue weighted by atomic mass is 10.1. The monoisotopic (exact) mass is 151 g/mol. The number of hydrogen-bond donors (Lipinski definition) is 1. The number of hydrogen-bond acceptors (Lipinski definition) is 2. The van der Waals surface area contributed by atoms with Crippen molar-refractivity contribution in [3.63, 3.8) is 0 Å². The molecule has 2 unspecified atom stereocenters. The van der Waals surface area contributed by atoms with Crippen LogP contribution in [0.4, 0.5) is 0 Å². The molecule has 1 fully saturated rings. The molecule has 1 N–H and O–H groups in total. The second-order valence-corrected chi connectivity index (χ2v) is 2.81. The predicted molar refractivity (Wildman–Crippen MR) is 38.6 cm³/mol. The summed E-state index contributed by atoms with van der Waals surface area (Å²) in [7, 11) is 0. The average molecular weight is 151 g/mol. The van der Waals surface area contributed by atoms with Gasteiger partial charge in [-0.3, -0.25) is 4.79 Å². The van der Waals surface area contributed by atoms with Gasteiger partial charge in [0.05, 0.1) is 6.07 Å². The number of nitrogens with zero attached hydrogens (tertiary/aromatic N) is 1. The van der Waals surface area contributed by atoms with Crippen LogP contribution in [0.25, 0.3) is 0 Å². The van der Waals surface area contributed by atoms with Crippen molar-refractivity contribution in [2.45, 2.75) is 12.8 Å². The maximum Gasteiger partial charge on any atom is 0.324 e. The van der Waals surface area contributed by atoms with Gasteiger partial charge in [-0.05, 0) is 18.8 Å². The van der Waals surface area contributed by atoms with Gasteiger partial charge in [-0.2, -0.15) is 5.26 Å². The summed E-state index contributed by atoms with van der Waals surface area (Å²) in [5.41, 5.74) is -1.09. The van der Waals surface area contributed by atoms with Gasteiger partial charge >= 0.3 is 5.97 Å². The van der Waals surface area contributed by atoms with E-state index in [4.69, 9.17) is 10.4 Å². The van der Waals surface area contributed by atoms with E-state index < -0.39 is 11.4 Å². The Morgan fingerprint density at radius 2 is 2.64 bits per heavy atom. The van der Waals surface area contributed by atoms with E-state index in [1.807, 2.05) is 6.07 Å². The molecule has 0 bridgehead atoms. The molecule has 0 aliphatic heterocycles. The van der Waals surface area contributed by atoms with Crippen molar-refractivity contribution in [3.05, 3.63) is 12.7 Å². The maximum absolute atomic E-state index is 10.5. The molecule has 58 valence electrons. The smallest absolute Gasteiger partial charge is 0.324 e. The topological polar surface area (TPSA) is 61.1 Å². The van der Waals surface area contributed by atoms with Crippen LogP contribution in [-0.4, -0.2) is 11.1 Å². The van der Waals surface area contributed by atoms with E-state index in [-0.39, 0.29) is 5.92 Å². The van der Waals surface area contributed by atoms with Crippen LogP contribution in [0.15, 0.2) is 12.7 Å². The quantitative estimate of drug-likeness (QED) is 0.616. The Morgan fingerprint density at radius 1 is 2.00 bits per heavy atom. The second kappa shape index (κ2) is 2.39. The minimum Gasteiger partial charge on any atom is -0.480 e. The molecule has 0 saturated heterocycles. The zero-order chi connectivity index (χ0) is 8.48. The van der Waals surface area contributed by atoms with Crippen molar-refractivity contribution >= 4 is 5.97 Å². The van der Waals surface area contributed by atoms with E-state index in [2.05, 4.69) is 6.58 Å². The lowest BCUT2D eigenvalue weighted by Crippen LogP contribution is -2.14. The summed E-state index contributed by atoms with van der Waals surface area (Å²) >= 11 is 0. The fourth-order valence-electron chi connectivity index (χ4n) is 1.26. The van der Waals surface area contributed by atoms with E-state index in [1.165, 1.54) is 0 Å².